The normalized spacial score (nSPS) is 19.3. The average Bonchev–Trinajstić information content (AvgIpc) is 2.33. The first-order chi connectivity index (χ1) is 8.61. The van der Waals surface area contributed by atoms with Crippen LogP contribution < -0.4 is 21.1 Å². The molecule has 8 heteroatoms. The lowest BCUT2D eigenvalue weighted by Crippen LogP contribution is -2.47. The van der Waals surface area contributed by atoms with E-state index in [0.717, 1.165) is 0 Å². The molecule has 2 amide bonds. The monoisotopic (exact) mass is 251 g/mol. The Morgan fingerprint density at radius 3 is 2.94 bits per heavy atom. The van der Waals surface area contributed by atoms with E-state index < -0.39 is 6.04 Å². The zero-order valence-electron chi connectivity index (χ0n) is 9.77. The summed E-state index contributed by atoms with van der Waals surface area (Å²) in [4.78, 5) is 30.3. The third-order valence-electron chi connectivity index (χ3n) is 2.59. The molecule has 0 bridgehead atoms. The number of carbonyl (C=O) groups is 2. The third-order valence-corrected chi connectivity index (χ3v) is 2.59. The van der Waals surface area contributed by atoms with E-state index in [0.29, 0.717) is 12.2 Å². The Hall–Kier alpha value is -2.38. The van der Waals surface area contributed by atoms with Crippen LogP contribution in [0.4, 0.5) is 11.6 Å². The Balaban J connectivity index is 2.17. The van der Waals surface area contributed by atoms with Crippen LogP contribution in [0.5, 0.6) is 5.75 Å². The fourth-order valence-electron chi connectivity index (χ4n) is 1.69. The molecule has 1 aromatic heterocycles. The number of amides is 2. The summed E-state index contributed by atoms with van der Waals surface area (Å²) < 4.78 is 5.06. The molecule has 4 N–H and O–H groups in total. The van der Waals surface area contributed by atoms with E-state index in [2.05, 4.69) is 20.6 Å². The summed E-state index contributed by atoms with van der Waals surface area (Å²) in [6.07, 6.45) is 1.95. The van der Waals surface area contributed by atoms with Gasteiger partial charge in [0.1, 0.15) is 12.4 Å². The van der Waals surface area contributed by atoms with E-state index in [1.165, 1.54) is 13.4 Å². The van der Waals surface area contributed by atoms with Crippen molar-refractivity contribution in [2.24, 2.45) is 0 Å². The first kappa shape index (κ1) is 12.1. The summed E-state index contributed by atoms with van der Waals surface area (Å²) in [7, 11) is 1.44. The van der Waals surface area contributed by atoms with Crippen molar-refractivity contribution in [1.29, 1.82) is 0 Å². The van der Waals surface area contributed by atoms with Crippen molar-refractivity contribution in [2.45, 2.75) is 18.9 Å². The van der Waals surface area contributed by atoms with Crippen LogP contribution in [-0.4, -0.2) is 34.9 Å². The number of nitrogen functional groups attached to an aromatic ring is 1. The lowest BCUT2D eigenvalue weighted by Gasteiger charge is -2.23. The highest BCUT2D eigenvalue weighted by molar-refractivity contribution is 6.01. The Labute approximate surface area is 103 Å². The van der Waals surface area contributed by atoms with Crippen LogP contribution in [0.3, 0.4) is 0 Å². The van der Waals surface area contributed by atoms with E-state index in [-0.39, 0.29) is 29.8 Å². The first-order valence-electron chi connectivity index (χ1n) is 5.36. The van der Waals surface area contributed by atoms with Crippen molar-refractivity contribution in [3.8, 4) is 5.75 Å². The van der Waals surface area contributed by atoms with Crippen molar-refractivity contribution in [2.75, 3.05) is 18.2 Å². The number of nitrogens with two attached hydrogens (primary N) is 1. The molecule has 1 fully saturated rings. The largest absolute Gasteiger partial charge is 0.490 e. The Morgan fingerprint density at radius 2 is 2.28 bits per heavy atom. The Kier molecular flexibility index (Phi) is 3.26. The molecule has 1 unspecified atom stereocenters. The van der Waals surface area contributed by atoms with E-state index in [4.69, 9.17) is 10.5 Å². The molecule has 2 rings (SSSR count). The second-order valence-corrected chi connectivity index (χ2v) is 3.79. The predicted octanol–water partition coefficient (Wildman–Crippen LogP) is -0.716. The number of aromatic nitrogens is 2. The summed E-state index contributed by atoms with van der Waals surface area (Å²) in [5, 5.41) is 5.14. The molecular formula is C10H13N5O3. The van der Waals surface area contributed by atoms with Crippen LogP contribution in [0.25, 0.3) is 0 Å². The molecule has 0 radical (unpaired) electrons. The summed E-state index contributed by atoms with van der Waals surface area (Å²) in [6, 6.07) is -0.536. The number of nitrogens with one attached hydrogen (secondary N) is 2. The second kappa shape index (κ2) is 4.86. The van der Waals surface area contributed by atoms with Gasteiger partial charge in [0, 0.05) is 6.42 Å². The van der Waals surface area contributed by atoms with Crippen LogP contribution in [-0.2, 0) is 9.59 Å². The van der Waals surface area contributed by atoms with Gasteiger partial charge in [-0.1, -0.05) is 0 Å². The van der Waals surface area contributed by atoms with Gasteiger partial charge >= 0.3 is 0 Å². The molecule has 1 aromatic rings. The van der Waals surface area contributed by atoms with Crippen LogP contribution in [0.2, 0.25) is 0 Å². The van der Waals surface area contributed by atoms with E-state index >= 15 is 0 Å². The Morgan fingerprint density at radius 1 is 1.50 bits per heavy atom. The molecule has 8 nitrogen and oxygen atoms in total. The second-order valence-electron chi connectivity index (χ2n) is 3.79. The minimum Gasteiger partial charge on any atom is -0.490 e. The number of rotatable bonds is 3. The molecule has 2 heterocycles. The molecule has 1 atom stereocenters. The van der Waals surface area contributed by atoms with Crippen molar-refractivity contribution in [3.63, 3.8) is 0 Å². The van der Waals surface area contributed by atoms with Crippen molar-refractivity contribution >= 4 is 23.5 Å². The van der Waals surface area contributed by atoms with Crippen molar-refractivity contribution in [3.05, 3.63) is 6.33 Å². The van der Waals surface area contributed by atoms with E-state index in [1.807, 2.05) is 0 Å². The van der Waals surface area contributed by atoms with Crippen molar-refractivity contribution in [1.82, 2.24) is 15.3 Å². The maximum absolute atomic E-state index is 11.6. The van der Waals surface area contributed by atoms with Gasteiger partial charge in [0.25, 0.3) is 0 Å². The molecule has 96 valence electrons. The minimum atomic E-state index is -0.536. The fourth-order valence-corrected chi connectivity index (χ4v) is 1.69. The summed E-state index contributed by atoms with van der Waals surface area (Å²) in [5.74, 6) is 0.140. The number of ether oxygens (including phenoxy) is 1. The topological polar surface area (TPSA) is 119 Å². The van der Waals surface area contributed by atoms with Gasteiger partial charge in [0.15, 0.2) is 11.6 Å². The quantitative estimate of drug-likeness (QED) is 0.607. The SMILES string of the molecule is COc1c(N)ncnc1NC1CCC(=O)NC1=O. The number of nitrogens with zero attached hydrogens (tertiary/aromatic N) is 2. The number of hydrogen-bond acceptors (Lipinski definition) is 7. The van der Waals surface area contributed by atoms with Gasteiger partial charge in [0.05, 0.1) is 7.11 Å². The molecule has 18 heavy (non-hydrogen) atoms. The predicted molar refractivity (Wildman–Crippen MR) is 62.8 cm³/mol. The van der Waals surface area contributed by atoms with E-state index in [1.54, 1.807) is 0 Å². The lowest BCUT2D eigenvalue weighted by atomic mass is 10.1. The molecule has 0 spiro atoms. The highest BCUT2D eigenvalue weighted by atomic mass is 16.5. The van der Waals surface area contributed by atoms with Gasteiger partial charge in [0.2, 0.25) is 17.6 Å². The number of methoxy groups -OCH3 is 1. The number of hydrogen-bond donors (Lipinski definition) is 3. The maximum atomic E-state index is 11.6. The Bertz CT molecular complexity index is 490. The van der Waals surface area contributed by atoms with Crippen LogP contribution in [0.15, 0.2) is 6.33 Å². The molecule has 1 aliphatic heterocycles. The van der Waals surface area contributed by atoms with E-state index in [9.17, 15) is 9.59 Å². The zero-order valence-corrected chi connectivity index (χ0v) is 9.77. The van der Waals surface area contributed by atoms with Gasteiger partial charge in [-0.3, -0.25) is 14.9 Å². The van der Waals surface area contributed by atoms with Crippen LogP contribution >= 0.6 is 0 Å². The standard InChI is InChI=1S/C10H13N5O3/c1-18-7-8(11)12-4-13-9(7)14-5-2-3-6(16)15-10(5)17/h4-5H,2-3H2,1H3,(H,15,16,17)(H3,11,12,13,14). The number of carbonyl (C=O) groups excluding carboxylic acids is 2. The van der Waals surface area contributed by atoms with Crippen molar-refractivity contribution < 1.29 is 14.3 Å². The van der Waals surface area contributed by atoms with Crippen LogP contribution in [0.1, 0.15) is 12.8 Å². The highest BCUT2D eigenvalue weighted by Crippen LogP contribution is 2.27. The number of imide groups is 1. The summed E-state index contributed by atoms with van der Waals surface area (Å²) >= 11 is 0. The van der Waals surface area contributed by atoms with Gasteiger partial charge in [-0.2, -0.15) is 0 Å². The zero-order chi connectivity index (χ0) is 13.1. The smallest absolute Gasteiger partial charge is 0.249 e. The first-order valence-corrected chi connectivity index (χ1v) is 5.36. The summed E-state index contributed by atoms with van der Waals surface area (Å²) in [5.41, 5.74) is 5.62. The summed E-state index contributed by atoms with van der Waals surface area (Å²) in [6.45, 7) is 0. The highest BCUT2D eigenvalue weighted by Gasteiger charge is 2.27. The van der Waals surface area contributed by atoms with Crippen LogP contribution in [0, 0.1) is 0 Å². The molecule has 0 aliphatic carbocycles. The minimum absolute atomic E-state index is 0.183. The average molecular weight is 251 g/mol. The lowest BCUT2D eigenvalue weighted by molar-refractivity contribution is -0.133. The van der Waals surface area contributed by atoms with Gasteiger partial charge < -0.3 is 15.8 Å². The van der Waals surface area contributed by atoms with Gasteiger partial charge in [-0.05, 0) is 6.42 Å². The van der Waals surface area contributed by atoms with Gasteiger partial charge in [-0.15, -0.1) is 0 Å². The number of anilines is 2. The molecule has 0 aromatic carbocycles. The van der Waals surface area contributed by atoms with Gasteiger partial charge in [-0.25, -0.2) is 9.97 Å². The number of piperidine rings is 1. The molecule has 1 aliphatic rings. The fraction of sp³-hybridized carbons (Fsp3) is 0.400. The third kappa shape index (κ3) is 2.31. The molecular weight excluding hydrogens is 238 g/mol. The maximum Gasteiger partial charge on any atom is 0.249 e. The molecule has 0 saturated carbocycles. The molecule has 1 saturated heterocycles.